The van der Waals surface area contributed by atoms with Gasteiger partial charge in [-0.25, -0.2) is 19.2 Å². The molecule has 1 aromatic carbocycles. The van der Waals surface area contributed by atoms with Crippen molar-refractivity contribution in [3.8, 4) is 0 Å². The van der Waals surface area contributed by atoms with Crippen LogP contribution in [0.25, 0.3) is 0 Å². The fourth-order valence-corrected chi connectivity index (χ4v) is 4.16. The highest BCUT2D eigenvalue weighted by molar-refractivity contribution is 6.31. The van der Waals surface area contributed by atoms with Crippen LogP contribution in [0.3, 0.4) is 0 Å². The van der Waals surface area contributed by atoms with Crippen LogP contribution in [0.2, 0.25) is 5.02 Å². The van der Waals surface area contributed by atoms with Crippen molar-refractivity contribution in [3.05, 3.63) is 51.7 Å². The first kappa shape index (κ1) is 25.2. The molecule has 1 aromatic heterocycles. The maximum Gasteiger partial charge on any atom is 0.317 e. The number of hydrogen-bond acceptors (Lipinski definition) is 4. The Balaban J connectivity index is 1.93. The second-order valence-electron chi connectivity index (χ2n) is 9.87. The zero-order valence-electron chi connectivity index (χ0n) is 20.5. The Hall–Kier alpha value is -2.41. The number of halogens is 2. The first-order valence-corrected chi connectivity index (χ1v) is 12.0. The van der Waals surface area contributed by atoms with Gasteiger partial charge in [0.05, 0.1) is 0 Å². The van der Waals surface area contributed by atoms with E-state index in [2.05, 4.69) is 31.0 Å². The second kappa shape index (κ2) is 10.2. The van der Waals surface area contributed by atoms with Gasteiger partial charge in [0.25, 0.3) is 0 Å². The minimum absolute atomic E-state index is 0.0553. The molecule has 2 amide bonds. The van der Waals surface area contributed by atoms with Gasteiger partial charge in [-0.3, -0.25) is 0 Å². The van der Waals surface area contributed by atoms with Gasteiger partial charge in [0, 0.05) is 65.9 Å². The summed E-state index contributed by atoms with van der Waals surface area (Å²) >= 11 is 6.36. The number of nitrogens with zero attached hydrogens (tertiary/aromatic N) is 4. The quantitative estimate of drug-likeness (QED) is 0.647. The summed E-state index contributed by atoms with van der Waals surface area (Å²) < 4.78 is 14.6. The molecular formula is C25H35ClFN5O. The Labute approximate surface area is 201 Å². The Morgan fingerprint density at radius 2 is 1.82 bits per heavy atom. The van der Waals surface area contributed by atoms with Crippen LogP contribution in [-0.2, 0) is 12.8 Å². The minimum Gasteiger partial charge on any atom is -0.353 e. The van der Waals surface area contributed by atoms with E-state index in [1.165, 1.54) is 6.07 Å². The van der Waals surface area contributed by atoms with E-state index in [0.717, 1.165) is 22.9 Å². The van der Waals surface area contributed by atoms with Crippen LogP contribution >= 0.6 is 11.6 Å². The molecule has 8 heteroatoms. The van der Waals surface area contributed by atoms with Crippen LogP contribution in [0.4, 0.5) is 15.0 Å². The van der Waals surface area contributed by atoms with E-state index in [0.29, 0.717) is 49.6 Å². The van der Waals surface area contributed by atoms with Crippen molar-refractivity contribution in [1.82, 2.24) is 20.2 Å². The van der Waals surface area contributed by atoms with E-state index in [4.69, 9.17) is 21.6 Å². The van der Waals surface area contributed by atoms with Crippen LogP contribution in [0.5, 0.6) is 0 Å². The maximum atomic E-state index is 14.6. The number of carbonyl (C=O) groups is 1. The molecule has 180 valence electrons. The van der Waals surface area contributed by atoms with Gasteiger partial charge in [-0.2, -0.15) is 0 Å². The summed E-state index contributed by atoms with van der Waals surface area (Å²) in [7, 11) is 0. The number of urea groups is 1. The molecule has 0 bridgehead atoms. The highest BCUT2D eigenvalue weighted by Gasteiger charge is 2.28. The lowest BCUT2D eigenvalue weighted by Gasteiger charge is -2.38. The first-order valence-electron chi connectivity index (χ1n) is 11.6. The molecule has 0 aliphatic carbocycles. The third kappa shape index (κ3) is 6.14. The van der Waals surface area contributed by atoms with Crippen molar-refractivity contribution < 1.29 is 9.18 Å². The van der Waals surface area contributed by atoms with Crippen LogP contribution in [0, 0.1) is 5.82 Å². The third-order valence-electron chi connectivity index (χ3n) is 5.70. The Bertz CT molecular complexity index is 977. The summed E-state index contributed by atoms with van der Waals surface area (Å²) in [6, 6.07) is 4.70. The van der Waals surface area contributed by atoms with Gasteiger partial charge >= 0.3 is 6.03 Å². The van der Waals surface area contributed by atoms with Gasteiger partial charge in [-0.15, -0.1) is 0 Å². The molecule has 33 heavy (non-hydrogen) atoms. The van der Waals surface area contributed by atoms with Gasteiger partial charge in [0.2, 0.25) is 0 Å². The number of hydrogen-bond donors (Lipinski definition) is 1. The molecule has 6 nitrogen and oxygen atoms in total. The number of aryl methyl sites for hydroxylation is 1. The van der Waals surface area contributed by atoms with E-state index in [9.17, 15) is 9.18 Å². The zero-order valence-corrected chi connectivity index (χ0v) is 21.3. The number of carbonyl (C=O) groups excluding carboxylic acids is 1. The standard InChI is InChI=1S/C25H35ClFN5O/c1-7-21-18(15-17-19(26)9-8-10-20(17)27)23(29-22(28-21)16(2)3)31-11-13-32(14-12-31)24(33)30-25(4,5)6/h8-10,16H,7,11-15H2,1-6H3,(H,30,33). The molecule has 0 atom stereocenters. The molecule has 1 saturated heterocycles. The van der Waals surface area contributed by atoms with E-state index >= 15 is 0 Å². The molecule has 0 unspecified atom stereocenters. The van der Waals surface area contributed by atoms with Crippen molar-refractivity contribution >= 4 is 23.4 Å². The molecule has 1 N–H and O–H groups in total. The summed E-state index contributed by atoms with van der Waals surface area (Å²) in [5.41, 5.74) is 1.99. The van der Waals surface area contributed by atoms with E-state index in [1.54, 1.807) is 12.1 Å². The summed E-state index contributed by atoms with van der Waals surface area (Å²) in [6.07, 6.45) is 1.04. The molecule has 1 aliphatic heterocycles. The monoisotopic (exact) mass is 475 g/mol. The summed E-state index contributed by atoms with van der Waals surface area (Å²) in [4.78, 5) is 26.4. The van der Waals surface area contributed by atoms with Crippen LogP contribution in [0.1, 0.15) is 70.1 Å². The van der Waals surface area contributed by atoms with Crippen molar-refractivity contribution in [2.24, 2.45) is 0 Å². The SMILES string of the molecule is CCc1nc(C(C)C)nc(N2CCN(C(=O)NC(C)(C)C)CC2)c1Cc1c(F)cccc1Cl. The van der Waals surface area contributed by atoms with E-state index < -0.39 is 0 Å². The molecule has 1 aliphatic rings. The van der Waals surface area contributed by atoms with Gasteiger partial charge < -0.3 is 15.1 Å². The molecular weight excluding hydrogens is 441 g/mol. The van der Waals surface area contributed by atoms with Gasteiger partial charge in [-0.05, 0) is 39.3 Å². The number of benzene rings is 1. The fourth-order valence-electron chi connectivity index (χ4n) is 3.93. The van der Waals surface area contributed by atoms with Crippen molar-refractivity contribution in [3.63, 3.8) is 0 Å². The highest BCUT2D eigenvalue weighted by atomic mass is 35.5. The lowest BCUT2D eigenvalue weighted by atomic mass is 10.0. The van der Waals surface area contributed by atoms with Gasteiger partial charge in [0.1, 0.15) is 17.5 Å². The third-order valence-corrected chi connectivity index (χ3v) is 6.06. The smallest absolute Gasteiger partial charge is 0.317 e. The van der Waals surface area contributed by atoms with Crippen LogP contribution in [-0.4, -0.2) is 52.6 Å². The normalized spacial score (nSPS) is 14.7. The predicted octanol–water partition coefficient (Wildman–Crippen LogP) is 5.18. The van der Waals surface area contributed by atoms with Crippen molar-refractivity contribution in [2.45, 2.75) is 65.8 Å². The number of anilines is 1. The zero-order chi connectivity index (χ0) is 24.3. The number of rotatable bonds is 5. The number of aromatic nitrogens is 2. The average molecular weight is 476 g/mol. The lowest BCUT2D eigenvalue weighted by molar-refractivity contribution is 0.185. The highest BCUT2D eigenvalue weighted by Crippen LogP contribution is 2.31. The lowest BCUT2D eigenvalue weighted by Crippen LogP contribution is -2.55. The molecule has 2 heterocycles. The molecule has 3 rings (SSSR count). The number of amides is 2. The minimum atomic E-state index is -0.327. The Morgan fingerprint density at radius 1 is 1.15 bits per heavy atom. The molecule has 0 radical (unpaired) electrons. The Morgan fingerprint density at radius 3 is 2.36 bits per heavy atom. The summed E-state index contributed by atoms with van der Waals surface area (Å²) in [6.45, 7) is 14.6. The predicted molar refractivity (Wildman–Crippen MR) is 132 cm³/mol. The molecule has 2 aromatic rings. The van der Waals surface area contributed by atoms with Crippen LogP contribution < -0.4 is 10.2 Å². The topological polar surface area (TPSA) is 61.4 Å². The second-order valence-corrected chi connectivity index (χ2v) is 10.3. The van der Waals surface area contributed by atoms with E-state index in [-0.39, 0.29) is 23.3 Å². The van der Waals surface area contributed by atoms with Gasteiger partial charge in [-0.1, -0.05) is 38.4 Å². The van der Waals surface area contributed by atoms with Crippen LogP contribution in [0.15, 0.2) is 18.2 Å². The number of piperazine rings is 1. The van der Waals surface area contributed by atoms with E-state index in [1.807, 2.05) is 25.7 Å². The summed E-state index contributed by atoms with van der Waals surface area (Å²) in [5.74, 6) is 1.44. The van der Waals surface area contributed by atoms with Crippen molar-refractivity contribution in [2.75, 3.05) is 31.1 Å². The molecule has 0 saturated carbocycles. The summed E-state index contributed by atoms with van der Waals surface area (Å²) in [5, 5.41) is 3.43. The fraction of sp³-hybridized carbons (Fsp3) is 0.560. The van der Waals surface area contributed by atoms with Gasteiger partial charge in [0.15, 0.2) is 0 Å². The molecule has 1 fully saturated rings. The van der Waals surface area contributed by atoms with Crippen molar-refractivity contribution in [1.29, 1.82) is 0 Å². The maximum absolute atomic E-state index is 14.6. The largest absolute Gasteiger partial charge is 0.353 e. The first-order chi connectivity index (χ1) is 15.5. The Kier molecular flexibility index (Phi) is 7.83. The average Bonchev–Trinajstić information content (AvgIpc) is 2.75. The molecule has 0 spiro atoms. The number of nitrogens with one attached hydrogen (secondary N) is 1.